The summed E-state index contributed by atoms with van der Waals surface area (Å²) in [6.45, 7) is 1.89. The van der Waals surface area contributed by atoms with Crippen LogP contribution in [0.5, 0.6) is 5.75 Å². The highest BCUT2D eigenvalue weighted by atomic mass is 19.1. The van der Waals surface area contributed by atoms with Gasteiger partial charge in [0, 0.05) is 17.3 Å². The number of hydrogen-bond acceptors (Lipinski definition) is 6. The topological polar surface area (TPSA) is 98.7 Å². The molecule has 3 rings (SSSR count). The van der Waals surface area contributed by atoms with Crippen LogP contribution in [0.2, 0.25) is 0 Å². The predicted octanol–water partition coefficient (Wildman–Crippen LogP) is 3.69. The van der Waals surface area contributed by atoms with Gasteiger partial charge in [0.15, 0.2) is 5.82 Å². The van der Waals surface area contributed by atoms with Crippen LogP contribution in [0.4, 0.5) is 21.8 Å². The van der Waals surface area contributed by atoms with Gasteiger partial charge >= 0.3 is 0 Å². The van der Waals surface area contributed by atoms with Crippen LogP contribution in [-0.2, 0) is 6.67 Å². The largest absolute Gasteiger partial charge is 0.492 e. The molecule has 138 valence electrons. The van der Waals surface area contributed by atoms with Crippen molar-refractivity contribution in [1.82, 2.24) is 15.2 Å². The number of nitrogens with zero attached hydrogens (tertiary/aromatic N) is 3. The first-order chi connectivity index (χ1) is 13.2. The molecule has 2 aromatic heterocycles. The van der Waals surface area contributed by atoms with Crippen molar-refractivity contribution in [2.75, 3.05) is 23.8 Å². The minimum atomic E-state index is -0.769. The van der Waals surface area contributed by atoms with Crippen LogP contribution in [0.1, 0.15) is 16.8 Å². The normalized spacial score (nSPS) is 10.3. The van der Waals surface area contributed by atoms with Crippen LogP contribution in [0, 0.1) is 18.3 Å². The van der Waals surface area contributed by atoms with Gasteiger partial charge in [0.1, 0.15) is 42.3 Å². The second-order valence-electron chi connectivity index (χ2n) is 5.79. The Morgan fingerprint density at radius 3 is 2.70 bits per heavy atom. The van der Waals surface area contributed by atoms with Gasteiger partial charge in [-0.3, -0.25) is 5.10 Å². The number of anilines is 3. The van der Waals surface area contributed by atoms with E-state index in [0.717, 1.165) is 11.4 Å². The molecular weight excluding hydrogens is 347 g/mol. The van der Waals surface area contributed by atoms with Crippen LogP contribution in [0.3, 0.4) is 0 Å². The fourth-order valence-corrected chi connectivity index (χ4v) is 2.49. The number of aromatic amines is 1. The number of aromatic nitrogens is 3. The van der Waals surface area contributed by atoms with E-state index in [-0.39, 0.29) is 11.1 Å². The van der Waals surface area contributed by atoms with Crippen LogP contribution in [0.25, 0.3) is 0 Å². The second kappa shape index (κ2) is 8.67. The maximum atomic E-state index is 13.4. The summed E-state index contributed by atoms with van der Waals surface area (Å²) in [5.74, 6) is 2.02. The van der Waals surface area contributed by atoms with E-state index in [1.807, 2.05) is 43.3 Å². The van der Waals surface area contributed by atoms with E-state index in [2.05, 4.69) is 25.8 Å². The molecule has 2 heterocycles. The number of aryl methyl sites for hydroxylation is 1. The van der Waals surface area contributed by atoms with Gasteiger partial charge in [-0.05, 0) is 25.1 Å². The molecule has 0 aliphatic carbocycles. The molecule has 8 heteroatoms. The zero-order chi connectivity index (χ0) is 19.1. The molecule has 7 nitrogen and oxygen atoms in total. The Morgan fingerprint density at radius 1 is 1.22 bits per heavy atom. The number of ether oxygens (including phenoxy) is 1. The first kappa shape index (κ1) is 18.2. The third-order valence-corrected chi connectivity index (χ3v) is 3.73. The van der Waals surface area contributed by atoms with E-state index in [1.54, 1.807) is 6.07 Å². The second-order valence-corrected chi connectivity index (χ2v) is 5.79. The number of nitrogens with one attached hydrogen (secondary N) is 3. The van der Waals surface area contributed by atoms with Gasteiger partial charge < -0.3 is 15.4 Å². The number of rotatable bonds is 8. The average molecular weight is 366 g/mol. The predicted molar refractivity (Wildman–Crippen MR) is 101 cm³/mol. The number of pyridine rings is 1. The van der Waals surface area contributed by atoms with Gasteiger partial charge in [0.05, 0.1) is 6.54 Å². The Balaban J connectivity index is 1.71. The molecule has 0 aliphatic rings. The fourth-order valence-electron chi connectivity index (χ4n) is 2.49. The van der Waals surface area contributed by atoms with Gasteiger partial charge in [-0.1, -0.05) is 18.2 Å². The van der Waals surface area contributed by atoms with Crippen LogP contribution in [-0.4, -0.2) is 28.3 Å². The number of H-pyrrole nitrogens is 1. The highest BCUT2D eigenvalue weighted by Gasteiger charge is 2.13. The van der Waals surface area contributed by atoms with E-state index in [4.69, 9.17) is 4.74 Å². The zero-order valence-electron chi connectivity index (χ0n) is 14.8. The molecule has 3 N–H and O–H groups in total. The van der Waals surface area contributed by atoms with E-state index >= 15 is 0 Å². The van der Waals surface area contributed by atoms with Crippen molar-refractivity contribution in [3.8, 4) is 11.8 Å². The molecule has 0 fully saturated rings. The molecular formula is C19H19FN6O. The fraction of sp³-hybridized carbons (Fsp3) is 0.211. The van der Waals surface area contributed by atoms with E-state index in [9.17, 15) is 9.65 Å². The lowest BCUT2D eigenvalue weighted by molar-refractivity contribution is 0.333. The van der Waals surface area contributed by atoms with Crippen LogP contribution < -0.4 is 15.4 Å². The van der Waals surface area contributed by atoms with Crippen molar-refractivity contribution < 1.29 is 9.13 Å². The van der Waals surface area contributed by atoms with Crippen molar-refractivity contribution in [3.63, 3.8) is 0 Å². The summed E-state index contributed by atoms with van der Waals surface area (Å²) in [6, 6.07) is 14.7. The molecule has 27 heavy (non-hydrogen) atoms. The number of halogens is 1. The lowest BCUT2D eigenvalue weighted by Crippen LogP contribution is -2.14. The third kappa shape index (κ3) is 4.73. The summed E-state index contributed by atoms with van der Waals surface area (Å²) in [5.41, 5.74) is 1.32. The zero-order valence-corrected chi connectivity index (χ0v) is 14.8. The van der Waals surface area contributed by atoms with Gasteiger partial charge in [-0.15, -0.1) is 0 Å². The van der Waals surface area contributed by atoms with Gasteiger partial charge in [-0.2, -0.15) is 10.4 Å². The molecule has 0 radical (unpaired) electrons. The van der Waals surface area contributed by atoms with Gasteiger partial charge in [-0.25, -0.2) is 9.37 Å². The Bertz CT molecular complexity index is 935. The van der Waals surface area contributed by atoms with Crippen LogP contribution >= 0.6 is 0 Å². The number of benzene rings is 1. The molecule has 0 saturated carbocycles. The molecule has 0 amide bonds. The summed E-state index contributed by atoms with van der Waals surface area (Å²) in [6.07, 6.45) is 0. The number of nitriles is 1. The molecule has 3 aromatic rings. The molecule has 0 aliphatic heterocycles. The highest BCUT2D eigenvalue weighted by molar-refractivity contribution is 5.63. The summed E-state index contributed by atoms with van der Waals surface area (Å²) >= 11 is 0. The molecule has 0 unspecified atom stereocenters. The average Bonchev–Trinajstić information content (AvgIpc) is 3.10. The third-order valence-electron chi connectivity index (χ3n) is 3.73. The van der Waals surface area contributed by atoms with Crippen molar-refractivity contribution in [3.05, 3.63) is 59.3 Å². The first-order valence-corrected chi connectivity index (χ1v) is 8.40. The van der Waals surface area contributed by atoms with Crippen LogP contribution in [0.15, 0.2) is 42.5 Å². The number of para-hydroxylation sites is 1. The molecule has 0 spiro atoms. The summed E-state index contributed by atoms with van der Waals surface area (Å²) in [5, 5.41) is 22.3. The Hall–Kier alpha value is -3.60. The SMILES string of the molecule is Cc1cc(Nc2cc(CF)c(C#N)c(NCCOc3ccccc3)n2)n[nH]1. The lowest BCUT2D eigenvalue weighted by atomic mass is 10.1. The molecule has 1 aromatic carbocycles. The minimum absolute atomic E-state index is 0.181. The minimum Gasteiger partial charge on any atom is -0.492 e. The maximum Gasteiger partial charge on any atom is 0.153 e. The first-order valence-electron chi connectivity index (χ1n) is 8.40. The molecule has 0 bridgehead atoms. The maximum absolute atomic E-state index is 13.4. The number of hydrogen-bond donors (Lipinski definition) is 3. The summed E-state index contributed by atoms with van der Waals surface area (Å²) in [4.78, 5) is 4.38. The summed E-state index contributed by atoms with van der Waals surface area (Å²) < 4.78 is 19.0. The lowest BCUT2D eigenvalue weighted by Gasteiger charge is -2.13. The highest BCUT2D eigenvalue weighted by Crippen LogP contribution is 2.24. The number of alkyl halides is 1. The van der Waals surface area contributed by atoms with Gasteiger partial charge in [0.2, 0.25) is 0 Å². The van der Waals surface area contributed by atoms with Crippen molar-refractivity contribution >= 4 is 17.5 Å². The van der Waals surface area contributed by atoms with Crippen molar-refractivity contribution in [1.29, 1.82) is 5.26 Å². The summed E-state index contributed by atoms with van der Waals surface area (Å²) in [7, 11) is 0. The van der Waals surface area contributed by atoms with E-state index < -0.39 is 6.67 Å². The standard InChI is InChI=1S/C19H19FN6O/c1-13-9-18(26-25-13)23-17-10-14(11-20)16(12-21)19(24-17)22-7-8-27-15-5-3-2-4-6-15/h2-6,9-10H,7-8,11H2,1H3,(H3,22,23,24,25,26). The monoisotopic (exact) mass is 366 g/mol. The smallest absolute Gasteiger partial charge is 0.153 e. The Morgan fingerprint density at radius 2 is 2.04 bits per heavy atom. The van der Waals surface area contributed by atoms with Crippen molar-refractivity contribution in [2.45, 2.75) is 13.6 Å². The molecule has 0 atom stereocenters. The van der Waals surface area contributed by atoms with Gasteiger partial charge in [0.25, 0.3) is 0 Å². The molecule has 0 saturated heterocycles. The Kier molecular flexibility index (Phi) is 5.84. The van der Waals surface area contributed by atoms with Crippen molar-refractivity contribution in [2.24, 2.45) is 0 Å². The van der Waals surface area contributed by atoms with E-state index in [1.165, 1.54) is 6.07 Å². The quantitative estimate of drug-likeness (QED) is 0.526. The Labute approximate surface area is 156 Å². The van der Waals surface area contributed by atoms with E-state index in [0.29, 0.717) is 30.6 Å².